The van der Waals surface area contributed by atoms with E-state index in [4.69, 9.17) is 0 Å². The van der Waals surface area contributed by atoms with Crippen LogP contribution in [0.25, 0.3) is 0 Å². The van der Waals surface area contributed by atoms with Crippen molar-refractivity contribution in [3.8, 4) is 0 Å². The number of unbranched alkanes of at least 4 members (excludes halogenated alkanes) is 18. The summed E-state index contributed by atoms with van der Waals surface area (Å²) in [7, 11) is 0. The van der Waals surface area contributed by atoms with Crippen LogP contribution < -0.4 is 5.32 Å². The Hall–Kier alpha value is -1.95. The van der Waals surface area contributed by atoms with Gasteiger partial charge < -0.3 is 20.6 Å². The van der Waals surface area contributed by atoms with Crippen molar-refractivity contribution < 1.29 is 20.1 Å². The first kappa shape index (κ1) is 44.0. The van der Waals surface area contributed by atoms with E-state index in [1.165, 1.54) is 109 Å². The third kappa shape index (κ3) is 32.0. The van der Waals surface area contributed by atoms with E-state index in [-0.39, 0.29) is 13.0 Å². The number of nitrogens with one attached hydrogen (secondary N) is 1. The molecule has 5 heteroatoms. The van der Waals surface area contributed by atoms with Crippen LogP contribution in [0, 0.1) is 0 Å². The molecule has 0 aromatic carbocycles. The monoisotopic (exact) mass is 644 g/mol. The smallest absolute Gasteiger partial charge is 0.223 e. The average molecular weight is 644 g/mol. The normalized spacial score (nSPS) is 14.5. The Labute approximate surface area is 284 Å². The van der Waals surface area contributed by atoms with Crippen molar-refractivity contribution >= 4 is 5.91 Å². The molecule has 0 aliphatic rings. The molecule has 0 aromatic heterocycles. The molecule has 3 atom stereocenters. The highest BCUT2D eigenvalue weighted by molar-refractivity contribution is 5.77. The van der Waals surface area contributed by atoms with Gasteiger partial charge in [-0.05, 0) is 57.8 Å². The van der Waals surface area contributed by atoms with Crippen LogP contribution >= 0.6 is 0 Å². The average Bonchev–Trinajstić information content (AvgIpc) is 3.05. The second-order valence-corrected chi connectivity index (χ2v) is 12.8. The minimum Gasteiger partial charge on any atom is -0.394 e. The van der Waals surface area contributed by atoms with Crippen LogP contribution in [0.1, 0.15) is 168 Å². The highest BCUT2D eigenvalue weighted by Crippen LogP contribution is 2.12. The molecule has 0 fully saturated rings. The molecule has 4 N–H and O–H groups in total. The first-order chi connectivity index (χ1) is 22.5. The largest absolute Gasteiger partial charge is 0.394 e. The molecular formula is C41H73NO4. The zero-order valence-electron chi connectivity index (χ0n) is 29.9. The maximum atomic E-state index is 12.3. The number of hydrogen-bond donors (Lipinski definition) is 4. The first-order valence-electron chi connectivity index (χ1n) is 19.1. The molecule has 0 saturated carbocycles. The van der Waals surface area contributed by atoms with Gasteiger partial charge in [-0.2, -0.15) is 0 Å². The lowest BCUT2D eigenvalue weighted by molar-refractivity contribution is -0.124. The summed E-state index contributed by atoms with van der Waals surface area (Å²) in [5.74, 6) is -0.400. The molecule has 0 rings (SSSR count). The topological polar surface area (TPSA) is 89.8 Å². The van der Waals surface area contributed by atoms with Crippen molar-refractivity contribution in [1.82, 2.24) is 5.32 Å². The van der Waals surface area contributed by atoms with E-state index in [9.17, 15) is 20.1 Å². The number of amides is 1. The number of rotatable bonds is 33. The van der Waals surface area contributed by atoms with E-state index < -0.39 is 24.2 Å². The SMILES string of the molecule is CCCCCCCC/C=C\C/C=C\C(O)CC(=O)NC(CO)C(O)/C=C/CC/C=C/CC/C=C/CCCCCCCCCCCC. The summed E-state index contributed by atoms with van der Waals surface area (Å²) in [5, 5.41) is 32.8. The van der Waals surface area contributed by atoms with Crippen LogP contribution in [0.4, 0.5) is 0 Å². The molecule has 0 aromatic rings. The summed E-state index contributed by atoms with van der Waals surface area (Å²) >= 11 is 0. The second kappa shape index (κ2) is 35.9. The van der Waals surface area contributed by atoms with Gasteiger partial charge in [-0.25, -0.2) is 0 Å². The van der Waals surface area contributed by atoms with Gasteiger partial charge >= 0.3 is 0 Å². The molecule has 0 bridgehead atoms. The Morgan fingerprint density at radius 2 is 0.978 bits per heavy atom. The van der Waals surface area contributed by atoms with Gasteiger partial charge in [0.25, 0.3) is 0 Å². The van der Waals surface area contributed by atoms with Crippen LogP contribution in [0.2, 0.25) is 0 Å². The second-order valence-electron chi connectivity index (χ2n) is 12.8. The predicted octanol–water partition coefficient (Wildman–Crippen LogP) is 10.4. The molecule has 3 unspecified atom stereocenters. The molecule has 46 heavy (non-hydrogen) atoms. The van der Waals surface area contributed by atoms with Crippen LogP contribution in [0.3, 0.4) is 0 Å². The van der Waals surface area contributed by atoms with Crippen molar-refractivity contribution in [2.24, 2.45) is 0 Å². The standard InChI is InChI=1S/C41H73NO4/c1-3-5-7-9-11-13-15-16-17-18-19-20-21-22-23-25-27-29-31-33-35-40(45)39(37-43)42-41(46)36-38(44)34-32-30-28-26-24-14-12-10-8-6-4-2/h20-21,25-28,32-35,38-40,43-45H,3-19,22-24,29-31,36-37H2,1-2H3,(H,42,46)/b21-20+,27-25+,28-26-,34-32-,35-33+. The van der Waals surface area contributed by atoms with Gasteiger partial charge in [-0.1, -0.05) is 164 Å². The molecule has 5 nitrogen and oxygen atoms in total. The number of aliphatic hydroxyl groups excluding tert-OH is 3. The van der Waals surface area contributed by atoms with E-state index in [2.05, 4.69) is 55.6 Å². The Kier molecular flexibility index (Phi) is 34.4. The number of carbonyl (C=O) groups is 1. The number of aliphatic hydroxyl groups is 3. The summed E-state index contributed by atoms with van der Waals surface area (Å²) in [5.41, 5.74) is 0. The fourth-order valence-corrected chi connectivity index (χ4v) is 5.31. The van der Waals surface area contributed by atoms with Gasteiger partial charge in [-0.3, -0.25) is 4.79 Å². The van der Waals surface area contributed by atoms with E-state index >= 15 is 0 Å². The van der Waals surface area contributed by atoms with Gasteiger partial charge in [0.15, 0.2) is 0 Å². The van der Waals surface area contributed by atoms with Gasteiger partial charge in [0, 0.05) is 0 Å². The summed E-state index contributed by atoms with van der Waals surface area (Å²) in [6.07, 6.45) is 46.6. The fraction of sp³-hybridized carbons (Fsp3) is 0.732. The summed E-state index contributed by atoms with van der Waals surface area (Å²) in [6, 6.07) is -0.799. The van der Waals surface area contributed by atoms with Gasteiger partial charge in [0.2, 0.25) is 5.91 Å². The van der Waals surface area contributed by atoms with Gasteiger partial charge in [0.05, 0.1) is 31.3 Å². The molecule has 0 spiro atoms. The minimum absolute atomic E-state index is 0.107. The Morgan fingerprint density at radius 1 is 0.543 bits per heavy atom. The van der Waals surface area contributed by atoms with Crippen LogP contribution in [-0.4, -0.2) is 46.1 Å². The maximum absolute atomic E-state index is 12.3. The summed E-state index contributed by atoms with van der Waals surface area (Å²) < 4.78 is 0. The molecule has 0 heterocycles. The molecule has 0 aliphatic heterocycles. The zero-order chi connectivity index (χ0) is 33.8. The van der Waals surface area contributed by atoms with E-state index in [1.54, 1.807) is 12.2 Å². The van der Waals surface area contributed by atoms with Gasteiger partial charge in [-0.15, -0.1) is 0 Å². The van der Waals surface area contributed by atoms with Crippen molar-refractivity contribution in [3.05, 3.63) is 60.8 Å². The number of hydrogen-bond acceptors (Lipinski definition) is 4. The van der Waals surface area contributed by atoms with Crippen molar-refractivity contribution in [2.75, 3.05) is 6.61 Å². The molecule has 266 valence electrons. The van der Waals surface area contributed by atoms with E-state index in [1.807, 2.05) is 12.2 Å². The minimum atomic E-state index is -0.983. The Morgan fingerprint density at radius 3 is 1.48 bits per heavy atom. The fourth-order valence-electron chi connectivity index (χ4n) is 5.31. The number of carbonyl (C=O) groups excluding carboxylic acids is 1. The predicted molar refractivity (Wildman–Crippen MR) is 199 cm³/mol. The summed E-state index contributed by atoms with van der Waals surface area (Å²) in [4.78, 5) is 12.3. The van der Waals surface area contributed by atoms with E-state index in [0.717, 1.165) is 38.5 Å². The lowest BCUT2D eigenvalue weighted by Gasteiger charge is -2.20. The van der Waals surface area contributed by atoms with Crippen molar-refractivity contribution in [2.45, 2.75) is 186 Å². The van der Waals surface area contributed by atoms with Gasteiger partial charge in [0.1, 0.15) is 0 Å². The summed E-state index contributed by atoms with van der Waals surface area (Å²) in [6.45, 7) is 4.13. The molecule has 0 aliphatic carbocycles. The maximum Gasteiger partial charge on any atom is 0.223 e. The molecule has 0 saturated heterocycles. The van der Waals surface area contributed by atoms with Crippen LogP contribution in [0.5, 0.6) is 0 Å². The Balaban J connectivity index is 3.89. The highest BCUT2D eigenvalue weighted by atomic mass is 16.3. The third-order valence-electron chi connectivity index (χ3n) is 8.26. The van der Waals surface area contributed by atoms with Crippen molar-refractivity contribution in [1.29, 1.82) is 0 Å². The Bertz CT molecular complexity index is 800. The van der Waals surface area contributed by atoms with Crippen molar-refractivity contribution in [3.63, 3.8) is 0 Å². The van der Waals surface area contributed by atoms with E-state index in [0.29, 0.717) is 0 Å². The molecular weight excluding hydrogens is 570 g/mol. The molecule has 0 radical (unpaired) electrons. The third-order valence-corrected chi connectivity index (χ3v) is 8.26. The first-order valence-corrected chi connectivity index (χ1v) is 19.1. The van der Waals surface area contributed by atoms with Crippen LogP contribution in [-0.2, 0) is 4.79 Å². The zero-order valence-corrected chi connectivity index (χ0v) is 29.9. The highest BCUT2D eigenvalue weighted by Gasteiger charge is 2.19. The molecule has 1 amide bonds. The lowest BCUT2D eigenvalue weighted by Crippen LogP contribution is -2.45. The van der Waals surface area contributed by atoms with Crippen LogP contribution in [0.15, 0.2) is 60.8 Å². The lowest BCUT2D eigenvalue weighted by atomic mass is 10.1. The quantitative estimate of drug-likeness (QED) is 0.0423. The number of allylic oxidation sites excluding steroid dienone is 8.